The molecule has 4 heteroatoms. The van der Waals surface area contributed by atoms with Crippen molar-refractivity contribution in [2.24, 2.45) is 0 Å². The molecule has 8 rings (SSSR count). The average molecular weight is 525 g/mol. The highest BCUT2D eigenvalue weighted by molar-refractivity contribution is 6.09. The molecule has 4 nitrogen and oxygen atoms in total. The highest BCUT2D eigenvalue weighted by atomic mass is 15.0. The van der Waals surface area contributed by atoms with Crippen LogP contribution in [0.15, 0.2) is 146 Å². The van der Waals surface area contributed by atoms with Crippen LogP contribution in [0.5, 0.6) is 0 Å². The minimum absolute atomic E-state index is 0.606. The van der Waals surface area contributed by atoms with Crippen LogP contribution < -0.4 is 0 Å². The number of nitrogens with zero attached hydrogens (tertiary/aromatic N) is 4. The molecule has 0 aliphatic heterocycles. The van der Waals surface area contributed by atoms with Crippen LogP contribution in [0.3, 0.4) is 0 Å². The third kappa shape index (κ3) is 4.05. The van der Waals surface area contributed by atoms with Gasteiger partial charge in [-0.1, -0.05) is 103 Å². The number of pyridine rings is 1. The van der Waals surface area contributed by atoms with E-state index in [4.69, 9.17) is 15.0 Å². The molecule has 0 spiro atoms. The second-order valence-corrected chi connectivity index (χ2v) is 10.1. The normalized spacial score (nSPS) is 11.4. The van der Waals surface area contributed by atoms with Crippen molar-refractivity contribution in [3.63, 3.8) is 0 Å². The lowest BCUT2D eigenvalue weighted by molar-refractivity contribution is 1.15. The van der Waals surface area contributed by atoms with Crippen LogP contribution in [-0.2, 0) is 0 Å². The first-order valence-electron chi connectivity index (χ1n) is 13.7. The van der Waals surface area contributed by atoms with Crippen molar-refractivity contribution in [2.45, 2.75) is 0 Å². The van der Waals surface area contributed by atoms with Crippen LogP contribution >= 0.6 is 0 Å². The topological polar surface area (TPSA) is 43.6 Å². The predicted molar refractivity (Wildman–Crippen MR) is 168 cm³/mol. The number of benzene rings is 5. The van der Waals surface area contributed by atoms with Crippen molar-refractivity contribution >= 4 is 32.7 Å². The minimum Gasteiger partial charge on any atom is -0.309 e. The van der Waals surface area contributed by atoms with Crippen molar-refractivity contribution in [1.29, 1.82) is 0 Å². The van der Waals surface area contributed by atoms with Gasteiger partial charge in [0.2, 0.25) is 0 Å². The van der Waals surface area contributed by atoms with Gasteiger partial charge < -0.3 is 4.57 Å². The van der Waals surface area contributed by atoms with Gasteiger partial charge in [0.05, 0.1) is 27.9 Å². The summed E-state index contributed by atoms with van der Waals surface area (Å²) in [5, 5.41) is 3.58. The molecule has 0 atom stereocenters. The molecule has 3 aromatic heterocycles. The van der Waals surface area contributed by atoms with E-state index in [-0.39, 0.29) is 0 Å². The fourth-order valence-corrected chi connectivity index (χ4v) is 5.66. The zero-order chi connectivity index (χ0) is 27.2. The molecule has 0 unspecified atom stereocenters. The number of hydrogen-bond acceptors (Lipinski definition) is 3. The van der Waals surface area contributed by atoms with Gasteiger partial charge in [0.15, 0.2) is 5.82 Å². The SMILES string of the molecule is c1ccc(-c2cc(-c3cccc(-n4c5ccccc5c5ccccc54)c3)nc(-c3ccc4ccccc4n3)n2)cc1. The van der Waals surface area contributed by atoms with Crippen LogP contribution in [0.2, 0.25) is 0 Å². The summed E-state index contributed by atoms with van der Waals surface area (Å²) in [6, 6.07) is 50.3. The van der Waals surface area contributed by atoms with E-state index >= 15 is 0 Å². The maximum atomic E-state index is 5.07. The Morgan fingerprint density at radius 1 is 0.415 bits per heavy atom. The Morgan fingerprint density at radius 2 is 1.05 bits per heavy atom. The van der Waals surface area contributed by atoms with E-state index in [2.05, 4.69) is 108 Å². The number of aromatic nitrogens is 4. The molecule has 0 aliphatic carbocycles. The molecule has 0 fully saturated rings. The summed E-state index contributed by atoms with van der Waals surface area (Å²) in [5.74, 6) is 0.606. The van der Waals surface area contributed by atoms with E-state index in [1.165, 1.54) is 21.8 Å². The molecule has 0 radical (unpaired) electrons. The Hall–Kier alpha value is -5.61. The molecule has 5 aromatic carbocycles. The quantitative estimate of drug-likeness (QED) is 0.231. The number of fused-ring (bicyclic) bond motifs is 4. The fraction of sp³-hybridized carbons (Fsp3) is 0. The highest BCUT2D eigenvalue weighted by Crippen LogP contribution is 2.34. The summed E-state index contributed by atoms with van der Waals surface area (Å²) in [4.78, 5) is 15.0. The molecule has 41 heavy (non-hydrogen) atoms. The van der Waals surface area contributed by atoms with Gasteiger partial charge in [-0.05, 0) is 42.5 Å². The first-order chi connectivity index (χ1) is 20.3. The zero-order valence-electron chi connectivity index (χ0n) is 22.1. The van der Waals surface area contributed by atoms with Gasteiger partial charge in [0.1, 0.15) is 5.69 Å². The molecule has 0 N–H and O–H groups in total. The molecular formula is C37H24N4. The molecule has 0 aliphatic rings. The van der Waals surface area contributed by atoms with Gasteiger partial charge in [-0.2, -0.15) is 0 Å². The third-order valence-electron chi connectivity index (χ3n) is 7.60. The zero-order valence-corrected chi connectivity index (χ0v) is 22.1. The second kappa shape index (κ2) is 9.54. The largest absolute Gasteiger partial charge is 0.309 e. The Morgan fingerprint density at radius 3 is 1.83 bits per heavy atom. The third-order valence-corrected chi connectivity index (χ3v) is 7.60. The minimum atomic E-state index is 0.606. The lowest BCUT2D eigenvalue weighted by atomic mass is 10.1. The summed E-state index contributed by atoms with van der Waals surface area (Å²) < 4.78 is 2.33. The van der Waals surface area contributed by atoms with Gasteiger partial charge in [0.25, 0.3) is 0 Å². The highest BCUT2D eigenvalue weighted by Gasteiger charge is 2.15. The standard InChI is InChI=1S/C37H24N4/c1-2-11-25(12-3-1)33-24-34(40-37(39-33)32-22-21-26-13-4-7-18-31(26)38-32)27-14-10-15-28(23-27)41-35-19-8-5-16-29(35)30-17-6-9-20-36(30)41/h1-24H. The average Bonchev–Trinajstić information content (AvgIpc) is 3.39. The van der Waals surface area contributed by atoms with E-state index in [0.29, 0.717) is 5.82 Å². The van der Waals surface area contributed by atoms with Gasteiger partial charge in [0, 0.05) is 33.0 Å². The van der Waals surface area contributed by atoms with Crippen molar-refractivity contribution in [1.82, 2.24) is 19.5 Å². The Labute approximate surface area is 237 Å². The second-order valence-electron chi connectivity index (χ2n) is 10.1. The fourth-order valence-electron chi connectivity index (χ4n) is 5.66. The lowest BCUT2D eigenvalue weighted by Gasteiger charge is -2.12. The van der Waals surface area contributed by atoms with E-state index < -0.39 is 0 Å². The Balaban J connectivity index is 1.33. The van der Waals surface area contributed by atoms with Crippen LogP contribution in [0.25, 0.3) is 72.4 Å². The summed E-state index contributed by atoms with van der Waals surface area (Å²) >= 11 is 0. The molecule has 8 aromatic rings. The Bertz CT molecular complexity index is 2160. The smallest absolute Gasteiger partial charge is 0.179 e. The Kier molecular flexibility index (Phi) is 5.42. The first kappa shape index (κ1) is 23.3. The van der Waals surface area contributed by atoms with Crippen molar-refractivity contribution < 1.29 is 0 Å². The molecule has 0 amide bonds. The van der Waals surface area contributed by atoms with Crippen LogP contribution in [0, 0.1) is 0 Å². The van der Waals surface area contributed by atoms with Gasteiger partial charge in [-0.25, -0.2) is 15.0 Å². The van der Waals surface area contributed by atoms with Gasteiger partial charge >= 0.3 is 0 Å². The number of para-hydroxylation sites is 3. The molecule has 0 saturated carbocycles. The van der Waals surface area contributed by atoms with Gasteiger partial charge in [-0.15, -0.1) is 0 Å². The van der Waals surface area contributed by atoms with Gasteiger partial charge in [-0.3, -0.25) is 0 Å². The van der Waals surface area contributed by atoms with Crippen LogP contribution in [-0.4, -0.2) is 19.5 Å². The molecule has 192 valence electrons. The maximum Gasteiger partial charge on any atom is 0.179 e. The van der Waals surface area contributed by atoms with Crippen molar-refractivity contribution in [3.8, 4) is 39.7 Å². The van der Waals surface area contributed by atoms with Crippen LogP contribution in [0.4, 0.5) is 0 Å². The summed E-state index contributed by atoms with van der Waals surface area (Å²) in [7, 11) is 0. The predicted octanol–water partition coefficient (Wildman–Crippen LogP) is 9.12. The summed E-state index contributed by atoms with van der Waals surface area (Å²) in [6.07, 6.45) is 0. The monoisotopic (exact) mass is 524 g/mol. The molecule has 3 heterocycles. The molecule has 0 bridgehead atoms. The van der Waals surface area contributed by atoms with E-state index in [1.807, 2.05) is 42.5 Å². The summed E-state index contributed by atoms with van der Waals surface area (Å²) in [6.45, 7) is 0. The van der Waals surface area contributed by atoms with Crippen molar-refractivity contribution in [3.05, 3.63) is 146 Å². The van der Waals surface area contributed by atoms with Crippen molar-refractivity contribution in [2.75, 3.05) is 0 Å². The van der Waals surface area contributed by atoms with Crippen LogP contribution in [0.1, 0.15) is 0 Å². The lowest BCUT2D eigenvalue weighted by Crippen LogP contribution is -1.99. The maximum absolute atomic E-state index is 5.07. The van der Waals surface area contributed by atoms with E-state index in [0.717, 1.165) is 44.8 Å². The molecular weight excluding hydrogens is 500 g/mol. The van der Waals surface area contributed by atoms with E-state index in [9.17, 15) is 0 Å². The number of rotatable bonds is 4. The first-order valence-corrected chi connectivity index (χ1v) is 13.7. The molecule has 0 saturated heterocycles. The summed E-state index contributed by atoms with van der Waals surface area (Å²) in [5.41, 5.74) is 8.90. The van der Waals surface area contributed by atoms with E-state index in [1.54, 1.807) is 0 Å². The number of hydrogen-bond donors (Lipinski definition) is 0.